The van der Waals surface area contributed by atoms with Crippen molar-refractivity contribution in [1.82, 2.24) is 4.98 Å². The third-order valence-electron chi connectivity index (χ3n) is 7.04. The summed E-state index contributed by atoms with van der Waals surface area (Å²) in [4.78, 5) is 10.00. The van der Waals surface area contributed by atoms with Crippen molar-refractivity contribution in [2.45, 2.75) is 41.5 Å². The number of pyridine rings is 1. The van der Waals surface area contributed by atoms with Crippen molar-refractivity contribution in [2.75, 3.05) is 22.9 Å². The fraction of sp³-hybridized carbons (Fsp3) is 0.242. The summed E-state index contributed by atoms with van der Waals surface area (Å²) in [5.74, 6) is 1.16. The first kappa shape index (κ1) is 32.6. The van der Waals surface area contributed by atoms with Crippen LogP contribution in [0.15, 0.2) is 72.9 Å². The Morgan fingerprint density at radius 2 is 1.10 bits per heavy atom. The Balaban J connectivity index is 0.00000178. The number of rotatable bonds is 3. The van der Waals surface area contributed by atoms with E-state index in [0.717, 1.165) is 29.5 Å². The van der Waals surface area contributed by atoms with Crippen LogP contribution >= 0.6 is 0 Å². The fourth-order valence-electron chi connectivity index (χ4n) is 5.89. The first-order valence-corrected chi connectivity index (χ1v) is 12.8. The Labute approximate surface area is 258 Å². The molecule has 4 aromatic rings. The van der Waals surface area contributed by atoms with Crippen molar-refractivity contribution in [3.8, 4) is 0 Å². The Kier molecular flexibility index (Phi) is 11.4. The smallest absolute Gasteiger partial charge is 1.00 e. The molecule has 0 unspecified atom stereocenters. The first-order chi connectivity index (χ1) is 17.3. The summed E-state index contributed by atoms with van der Waals surface area (Å²) in [5.41, 5.74) is 11.5. The first-order valence-electron chi connectivity index (χ1n) is 12.8. The van der Waals surface area contributed by atoms with E-state index < -0.39 is 0 Å². The molecular formula is C33H35Cl2N3Ru. The number of nitrogens with zero attached hydrogens (tertiary/aromatic N) is 3. The van der Waals surface area contributed by atoms with Gasteiger partial charge in [-0.05, 0) is 81.5 Å². The Bertz CT molecular complexity index is 1450. The van der Waals surface area contributed by atoms with Crippen LogP contribution in [-0.4, -0.2) is 18.1 Å². The summed E-state index contributed by atoms with van der Waals surface area (Å²) >= 11 is 0. The molecule has 1 aliphatic rings. The number of halogens is 2. The normalized spacial score (nSPS) is 13.1. The van der Waals surface area contributed by atoms with Crippen LogP contribution < -0.4 is 45.2 Å². The fourth-order valence-corrected chi connectivity index (χ4v) is 5.89. The van der Waals surface area contributed by atoms with E-state index in [1.807, 2.05) is 12.3 Å². The molecule has 0 bridgehead atoms. The molecule has 204 valence electrons. The van der Waals surface area contributed by atoms with Gasteiger partial charge in [0.1, 0.15) is 11.2 Å². The van der Waals surface area contributed by atoms with Gasteiger partial charge in [-0.1, -0.05) is 71.8 Å². The van der Waals surface area contributed by atoms with E-state index in [1.165, 1.54) is 50.3 Å². The minimum atomic E-state index is 0. The van der Waals surface area contributed by atoms with Crippen molar-refractivity contribution in [3.05, 3.63) is 122 Å². The summed E-state index contributed by atoms with van der Waals surface area (Å²) in [7, 11) is 0. The van der Waals surface area contributed by atoms with Gasteiger partial charge in [0, 0.05) is 35.9 Å². The van der Waals surface area contributed by atoms with Gasteiger partial charge >= 0.3 is 19.5 Å². The second-order valence-electron chi connectivity index (χ2n) is 10.1. The van der Waals surface area contributed by atoms with Gasteiger partial charge in [-0.2, -0.15) is 0 Å². The van der Waals surface area contributed by atoms with E-state index in [0.29, 0.717) is 0 Å². The third-order valence-corrected chi connectivity index (χ3v) is 7.04. The number of hydrogen-bond acceptors (Lipinski definition) is 3. The Hall–Kier alpha value is -2.65. The number of anilines is 2. The molecule has 0 radical (unpaired) electrons. The van der Waals surface area contributed by atoms with Gasteiger partial charge in [0.15, 0.2) is 0 Å². The average Bonchev–Trinajstić information content (AvgIpc) is 3.22. The van der Waals surface area contributed by atoms with Gasteiger partial charge < -0.3 is 34.6 Å². The minimum absolute atomic E-state index is 0. The zero-order valence-corrected chi connectivity index (χ0v) is 26.6. The Morgan fingerprint density at radius 3 is 1.56 bits per heavy atom. The van der Waals surface area contributed by atoms with E-state index in [4.69, 9.17) is 4.98 Å². The molecule has 1 aliphatic heterocycles. The molecule has 0 aliphatic carbocycles. The molecule has 0 atom stereocenters. The molecular weight excluding hydrogens is 610 g/mol. The molecule has 1 fully saturated rings. The molecule has 1 saturated heterocycles. The van der Waals surface area contributed by atoms with Gasteiger partial charge in [-0.3, -0.25) is 4.98 Å². The van der Waals surface area contributed by atoms with Gasteiger partial charge in [0.25, 0.3) is 0 Å². The quantitative estimate of drug-likeness (QED) is 0.290. The van der Waals surface area contributed by atoms with Crippen LogP contribution in [-0.2, 0) is 19.5 Å². The predicted octanol–water partition coefficient (Wildman–Crippen LogP) is -0.141. The standard InChI is InChI=1S/C33H35N3.2ClH.Ru/c1-22-17-24(3)31(25(4)18-22)35-15-16-36(32-26(5)19-23(2)20-27(32)6)33(35)30-29(13-10-14-34-30)21-28-11-8-7-9-12-28;;;/h7-14,17-21H,15-16H2,1-6H3;2*1H;/q;;;+2/p-2. The number of hydrogen-bond donors (Lipinski definition) is 0. The zero-order valence-electron chi connectivity index (χ0n) is 23.4. The van der Waals surface area contributed by atoms with Crippen LogP contribution in [0.1, 0.15) is 38.9 Å². The molecule has 0 N–H and O–H groups in total. The van der Waals surface area contributed by atoms with Crippen molar-refractivity contribution in [3.63, 3.8) is 0 Å². The maximum atomic E-state index is 5.01. The van der Waals surface area contributed by atoms with E-state index in [1.54, 1.807) is 0 Å². The molecule has 5 rings (SSSR count). The van der Waals surface area contributed by atoms with E-state index >= 15 is 0 Å². The second kappa shape index (κ2) is 13.6. The van der Waals surface area contributed by atoms with Gasteiger partial charge in [0.2, 0.25) is 0 Å². The van der Waals surface area contributed by atoms with Crippen molar-refractivity contribution in [2.24, 2.45) is 0 Å². The predicted molar refractivity (Wildman–Crippen MR) is 153 cm³/mol. The van der Waals surface area contributed by atoms with Gasteiger partial charge in [-0.25, -0.2) is 0 Å². The molecule has 0 spiro atoms. The molecule has 39 heavy (non-hydrogen) atoms. The van der Waals surface area contributed by atoms with Gasteiger partial charge in [-0.15, -0.1) is 0 Å². The van der Waals surface area contributed by atoms with Crippen LogP contribution in [0.3, 0.4) is 0 Å². The SMILES string of the molecule is Cc1cc(C)c(N2CCN(c3c(C)cc(C)cc3C)C2=c2ncccc2=Cc2ccccc2)c(C)c1.[Cl-].[Cl-].[Ru+2]. The maximum Gasteiger partial charge on any atom is 2.00 e. The van der Waals surface area contributed by atoms with Crippen LogP contribution in [0.5, 0.6) is 0 Å². The molecule has 0 amide bonds. The van der Waals surface area contributed by atoms with Crippen LogP contribution in [0, 0.1) is 41.5 Å². The summed E-state index contributed by atoms with van der Waals surface area (Å²) in [6.45, 7) is 15.1. The zero-order chi connectivity index (χ0) is 25.4. The van der Waals surface area contributed by atoms with Crippen molar-refractivity contribution < 1.29 is 44.3 Å². The molecule has 3 nitrogen and oxygen atoms in total. The largest absolute Gasteiger partial charge is 2.00 e. The van der Waals surface area contributed by atoms with E-state index in [-0.39, 0.29) is 44.3 Å². The van der Waals surface area contributed by atoms with E-state index in [2.05, 4.69) is 118 Å². The van der Waals surface area contributed by atoms with Crippen molar-refractivity contribution in [1.29, 1.82) is 0 Å². The molecule has 3 aromatic carbocycles. The van der Waals surface area contributed by atoms with Crippen LogP contribution in [0.4, 0.5) is 11.4 Å². The maximum absolute atomic E-state index is 5.01. The number of aromatic nitrogens is 1. The minimum Gasteiger partial charge on any atom is -1.00 e. The molecule has 0 saturated carbocycles. The van der Waals surface area contributed by atoms with Crippen LogP contribution in [0.25, 0.3) is 11.9 Å². The Morgan fingerprint density at radius 1 is 0.641 bits per heavy atom. The third kappa shape index (κ3) is 6.57. The summed E-state index contributed by atoms with van der Waals surface area (Å²) in [6.07, 6.45) is 4.16. The average molecular weight is 646 g/mol. The molecule has 6 heteroatoms. The van der Waals surface area contributed by atoms with Crippen molar-refractivity contribution >= 4 is 23.3 Å². The van der Waals surface area contributed by atoms with Gasteiger partial charge in [0.05, 0.1) is 0 Å². The van der Waals surface area contributed by atoms with Crippen LogP contribution in [0.2, 0.25) is 0 Å². The topological polar surface area (TPSA) is 19.4 Å². The summed E-state index contributed by atoms with van der Waals surface area (Å²) < 4.78 is 0. The summed E-state index contributed by atoms with van der Waals surface area (Å²) in [5, 5.41) is 2.14. The molecule has 1 aromatic heterocycles. The van der Waals surface area contributed by atoms with E-state index in [9.17, 15) is 0 Å². The molecule has 2 heterocycles. The monoisotopic (exact) mass is 645 g/mol. The number of aryl methyl sites for hydroxylation is 6. The number of benzene rings is 3. The second-order valence-corrected chi connectivity index (χ2v) is 10.1. The summed E-state index contributed by atoms with van der Waals surface area (Å²) in [6, 6.07) is 23.9.